The molecule has 1 aliphatic heterocycles. The molecule has 8 heteroatoms. The van der Waals surface area contributed by atoms with E-state index in [0.717, 1.165) is 35.7 Å². The van der Waals surface area contributed by atoms with Crippen molar-refractivity contribution in [2.24, 2.45) is 0 Å². The number of hydrogen-bond donors (Lipinski definition) is 1. The fourth-order valence-corrected chi connectivity index (χ4v) is 3.82. The van der Waals surface area contributed by atoms with Gasteiger partial charge in [0.05, 0.1) is 29.3 Å². The third-order valence-corrected chi connectivity index (χ3v) is 5.89. The number of allylic oxidation sites excluding steroid dienone is 4. The van der Waals surface area contributed by atoms with E-state index in [1.807, 2.05) is 37.5 Å². The van der Waals surface area contributed by atoms with Crippen LogP contribution in [0.25, 0.3) is 11.0 Å². The Kier molecular flexibility index (Phi) is 6.88. The number of carbonyl (C=O) groups is 1. The summed E-state index contributed by atoms with van der Waals surface area (Å²) in [6.45, 7) is 9.05. The van der Waals surface area contributed by atoms with Crippen LogP contribution in [0.4, 0.5) is 5.69 Å². The first-order valence-electron chi connectivity index (χ1n) is 9.60. The van der Waals surface area contributed by atoms with Crippen molar-refractivity contribution < 1.29 is 14.6 Å². The van der Waals surface area contributed by atoms with Crippen molar-refractivity contribution in [2.45, 2.75) is 33.7 Å². The minimum absolute atomic E-state index is 0.208. The van der Waals surface area contributed by atoms with Gasteiger partial charge in [0.1, 0.15) is 11.3 Å². The van der Waals surface area contributed by atoms with Gasteiger partial charge in [-0.05, 0) is 38.5 Å². The second kappa shape index (κ2) is 9.20. The summed E-state index contributed by atoms with van der Waals surface area (Å²) in [6, 6.07) is 3.72. The van der Waals surface area contributed by atoms with E-state index in [9.17, 15) is 9.90 Å². The molecule has 0 aliphatic carbocycles. The lowest BCUT2D eigenvalue weighted by Crippen LogP contribution is -2.36. The van der Waals surface area contributed by atoms with Crippen molar-refractivity contribution in [1.29, 1.82) is 0 Å². The maximum absolute atomic E-state index is 11.9. The van der Waals surface area contributed by atoms with E-state index in [1.165, 1.54) is 0 Å². The molecule has 1 N–H and O–H groups in total. The van der Waals surface area contributed by atoms with Crippen LogP contribution in [0.2, 0.25) is 0 Å². The average Bonchev–Trinajstić information content (AvgIpc) is 3.02. The SMILES string of the molecule is CC/C(Cl)=C(Cl)\C=C(/C)Cn1c(C)nc2c(C(=O)O)cc(N3CCOCC3)cc21. The van der Waals surface area contributed by atoms with Crippen LogP contribution in [0.5, 0.6) is 0 Å². The number of anilines is 1. The molecule has 0 saturated carbocycles. The molecule has 0 radical (unpaired) electrons. The Hall–Kier alpha value is -2.02. The molecular formula is C21H25Cl2N3O3. The zero-order valence-corrected chi connectivity index (χ0v) is 18.3. The Morgan fingerprint density at radius 1 is 1.31 bits per heavy atom. The molecule has 1 aromatic heterocycles. The summed E-state index contributed by atoms with van der Waals surface area (Å²) in [5.74, 6) is -0.237. The number of hydrogen-bond acceptors (Lipinski definition) is 4. The van der Waals surface area contributed by atoms with Gasteiger partial charge < -0.3 is 19.3 Å². The second-order valence-corrected chi connectivity index (χ2v) is 7.97. The second-order valence-electron chi connectivity index (χ2n) is 7.11. The van der Waals surface area contributed by atoms with Crippen LogP contribution in [0, 0.1) is 6.92 Å². The summed E-state index contributed by atoms with van der Waals surface area (Å²) in [5.41, 5.74) is 3.36. The maximum Gasteiger partial charge on any atom is 0.338 e. The monoisotopic (exact) mass is 437 g/mol. The normalized spacial score (nSPS) is 16.3. The number of rotatable bonds is 6. The summed E-state index contributed by atoms with van der Waals surface area (Å²) in [6.07, 6.45) is 2.52. The molecule has 6 nitrogen and oxygen atoms in total. The summed E-state index contributed by atoms with van der Waals surface area (Å²) >= 11 is 12.4. The van der Waals surface area contributed by atoms with Gasteiger partial charge in [-0.2, -0.15) is 0 Å². The fourth-order valence-electron chi connectivity index (χ4n) is 3.45. The largest absolute Gasteiger partial charge is 0.478 e. The lowest BCUT2D eigenvalue weighted by molar-refractivity contribution is 0.0699. The maximum atomic E-state index is 11.9. The predicted octanol–water partition coefficient (Wildman–Crippen LogP) is 4.93. The number of morpholine rings is 1. The van der Waals surface area contributed by atoms with Gasteiger partial charge >= 0.3 is 5.97 Å². The molecule has 1 saturated heterocycles. The van der Waals surface area contributed by atoms with Crippen LogP contribution in [-0.4, -0.2) is 46.9 Å². The van der Waals surface area contributed by atoms with Crippen LogP contribution in [0.15, 0.2) is 33.8 Å². The summed E-state index contributed by atoms with van der Waals surface area (Å²) < 4.78 is 7.44. The number of benzene rings is 1. The number of ether oxygens (including phenoxy) is 1. The number of halogens is 2. The molecule has 2 heterocycles. The van der Waals surface area contributed by atoms with Crippen LogP contribution in [-0.2, 0) is 11.3 Å². The number of aryl methyl sites for hydroxylation is 1. The average molecular weight is 438 g/mol. The highest BCUT2D eigenvalue weighted by molar-refractivity contribution is 6.40. The van der Waals surface area contributed by atoms with Gasteiger partial charge in [-0.1, -0.05) is 35.7 Å². The van der Waals surface area contributed by atoms with Crippen molar-refractivity contribution in [1.82, 2.24) is 9.55 Å². The van der Waals surface area contributed by atoms with Crippen LogP contribution < -0.4 is 4.90 Å². The van der Waals surface area contributed by atoms with Crippen molar-refractivity contribution in [3.05, 3.63) is 45.2 Å². The molecule has 0 spiro atoms. The standard InChI is InChI=1S/C21H25Cl2N3O3/c1-4-17(22)18(23)9-13(2)12-26-14(3)24-20-16(21(27)28)10-15(11-19(20)26)25-5-7-29-8-6-25/h9-11H,4-8,12H2,1-3H3,(H,27,28)/b13-9+,18-17-. The van der Waals surface area contributed by atoms with Gasteiger partial charge in [0.15, 0.2) is 0 Å². The van der Waals surface area contributed by atoms with E-state index in [2.05, 4.69) is 9.88 Å². The number of nitrogens with zero attached hydrogens (tertiary/aromatic N) is 3. The Labute approximate surface area is 180 Å². The van der Waals surface area contributed by atoms with Crippen molar-refractivity contribution >= 4 is 45.9 Å². The molecule has 0 atom stereocenters. The van der Waals surface area contributed by atoms with E-state index < -0.39 is 5.97 Å². The van der Waals surface area contributed by atoms with Gasteiger partial charge in [0.2, 0.25) is 0 Å². The molecule has 1 aliphatic rings. The molecule has 0 unspecified atom stereocenters. The molecule has 3 rings (SSSR count). The third-order valence-electron chi connectivity index (χ3n) is 4.99. The highest BCUT2D eigenvalue weighted by atomic mass is 35.5. The Morgan fingerprint density at radius 2 is 2.00 bits per heavy atom. The highest BCUT2D eigenvalue weighted by Gasteiger charge is 2.20. The smallest absolute Gasteiger partial charge is 0.338 e. The number of fused-ring (bicyclic) bond motifs is 1. The van der Waals surface area contributed by atoms with E-state index in [4.69, 9.17) is 27.9 Å². The van der Waals surface area contributed by atoms with Crippen molar-refractivity contribution in [2.75, 3.05) is 31.2 Å². The minimum atomic E-state index is -0.984. The van der Waals surface area contributed by atoms with Crippen LogP contribution in [0.3, 0.4) is 0 Å². The highest BCUT2D eigenvalue weighted by Crippen LogP contribution is 2.29. The Morgan fingerprint density at radius 3 is 2.62 bits per heavy atom. The van der Waals surface area contributed by atoms with Crippen molar-refractivity contribution in [3.63, 3.8) is 0 Å². The van der Waals surface area contributed by atoms with Gasteiger partial charge in [0.25, 0.3) is 0 Å². The summed E-state index contributed by atoms with van der Waals surface area (Å²) in [7, 11) is 0. The first-order chi connectivity index (χ1) is 13.8. The molecule has 1 aromatic carbocycles. The molecule has 1 fully saturated rings. The number of imidazole rings is 1. The minimum Gasteiger partial charge on any atom is -0.478 e. The topological polar surface area (TPSA) is 67.6 Å². The lowest BCUT2D eigenvalue weighted by Gasteiger charge is -2.29. The number of aromatic nitrogens is 2. The van der Waals surface area contributed by atoms with Gasteiger partial charge in [-0.3, -0.25) is 0 Å². The van der Waals surface area contributed by atoms with Gasteiger partial charge in [0, 0.05) is 30.4 Å². The molecule has 0 amide bonds. The van der Waals surface area contributed by atoms with E-state index >= 15 is 0 Å². The number of aromatic carboxylic acids is 1. The van der Waals surface area contributed by atoms with Gasteiger partial charge in [-0.25, -0.2) is 9.78 Å². The van der Waals surface area contributed by atoms with E-state index in [0.29, 0.717) is 41.8 Å². The van der Waals surface area contributed by atoms with E-state index in [1.54, 1.807) is 6.07 Å². The number of carboxylic acid groups (broad SMARTS) is 1. The predicted molar refractivity (Wildman–Crippen MR) is 117 cm³/mol. The summed E-state index contributed by atoms with van der Waals surface area (Å²) in [5, 5.41) is 10.9. The molecule has 2 aromatic rings. The summed E-state index contributed by atoms with van der Waals surface area (Å²) in [4.78, 5) is 18.6. The van der Waals surface area contributed by atoms with E-state index in [-0.39, 0.29) is 5.56 Å². The van der Waals surface area contributed by atoms with Crippen molar-refractivity contribution in [3.8, 4) is 0 Å². The quantitative estimate of drug-likeness (QED) is 0.649. The van der Waals surface area contributed by atoms with Crippen LogP contribution >= 0.6 is 23.2 Å². The zero-order chi connectivity index (χ0) is 21.1. The first-order valence-corrected chi connectivity index (χ1v) is 10.4. The number of carboxylic acids is 1. The van der Waals surface area contributed by atoms with Crippen LogP contribution in [0.1, 0.15) is 36.5 Å². The Balaban J connectivity index is 2.07. The molecular weight excluding hydrogens is 413 g/mol. The third kappa shape index (κ3) is 4.77. The first kappa shape index (κ1) is 21.7. The fraction of sp³-hybridized carbons (Fsp3) is 0.429. The lowest BCUT2D eigenvalue weighted by atomic mass is 10.1. The molecule has 156 valence electrons. The zero-order valence-electron chi connectivity index (χ0n) is 16.8. The molecule has 29 heavy (non-hydrogen) atoms. The Bertz CT molecular complexity index is 989. The van der Waals surface area contributed by atoms with Gasteiger partial charge in [-0.15, -0.1) is 0 Å². The molecule has 0 bridgehead atoms.